The smallest absolute Gasteiger partial charge is 0.253 e. The quantitative estimate of drug-likeness (QED) is 0.902. The molecule has 1 aliphatic heterocycles. The lowest BCUT2D eigenvalue weighted by atomic mass is 10.1. The molecule has 1 aromatic heterocycles. The molecule has 1 amide bonds. The third-order valence-corrected chi connectivity index (χ3v) is 3.85. The predicted octanol–water partition coefficient (Wildman–Crippen LogP) is 2.04. The lowest BCUT2D eigenvalue weighted by molar-refractivity contribution is 0.0946. The largest absolute Gasteiger partial charge is 0.381 e. The summed E-state index contributed by atoms with van der Waals surface area (Å²) in [4.78, 5) is 16.7. The highest BCUT2D eigenvalue weighted by Crippen LogP contribution is 2.24. The molecule has 5 nitrogen and oxygen atoms in total. The molecule has 0 aliphatic carbocycles. The number of amides is 1. The SMILES string of the molecule is CNc1ncc(C(=O)NCC2CCOC2)c2ccccc12. The maximum Gasteiger partial charge on any atom is 0.253 e. The van der Waals surface area contributed by atoms with Gasteiger partial charge < -0.3 is 15.4 Å². The molecule has 3 rings (SSSR count). The summed E-state index contributed by atoms with van der Waals surface area (Å²) in [6, 6.07) is 7.80. The first kappa shape index (κ1) is 13.8. The molecule has 2 heterocycles. The van der Waals surface area contributed by atoms with E-state index < -0.39 is 0 Å². The zero-order valence-electron chi connectivity index (χ0n) is 12.1. The van der Waals surface area contributed by atoms with Crippen LogP contribution >= 0.6 is 0 Å². The van der Waals surface area contributed by atoms with Crippen LogP contribution < -0.4 is 10.6 Å². The van der Waals surface area contributed by atoms with Crippen LogP contribution in [0.15, 0.2) is 30.5 Å². The maximum absolute atomic E-state index is 12.4. The summed E-state index contributed by atoms with van der Waals surface area (Å²) in [6.45, 7) is 2.18. The summed E-state index contributed by atoms with van der Waals surface area (Å²) in [5.74, 6) is 1.13. The predicted molar refractivity (Wildman–Crippen MR) is 82.5 cm³/mol. The molecule has 1 aliphatic rings. The molecular formula is C16H19N3O2. The van der Waals surface area contributed by atoms with Gasteiger partial charge >= 0.3 is 0 Å². The molecule has 1 saturated heterocycles. The van der Waals surface area contributed by atoms with Gasteiger partial charge in [-0.3, -0.25) is 4.79 Å². The van der Waals surface area contributed by atoms with Crippen LogP contribution in [0.2, 0.25) is 0 Å². The molecule has 21 heavy (non-hydrogen) atoms. The van der Waals surface area contributed by atoms with Gasteiger partial charge in [0.25, 0.3) is 5.91 Å². The van der Waals surface area contributed by atoms with E-state index in [0.29, 0.717) is 18.0 Å². The van der Waals surface area contributed by atoms with E-state index >= 15 is 0 Å². The minimum Gasteiger partial charge on any atom is -0.381 e. The molecule has 0 bridgehead atoms. The summed E-state index contributed by atoms with van der Waals surface area (Å²) in [6.07, 6.45) is 2.65. The molecule has 1 aromatic carbocycles. The first-order valence-corrected chi connectivity index (χ1v) is 7.21. The van der Waals surface area contributed by atoms with Gasteiger partial charge in [0.05, 0.1) is 12.2 Å². The lowest BCUT2D eigenvalue weighted by Gasteiger charge is -2.12. The fourth-order valence-corrected chi connectivity index (χ4v) is 2.65. The Morgan fingerprint density at radius 3 is 2.90 bits per heavy atom. The molecule has 0 saturated carbocycles. The number of carbonyl (C=O) groups excluding carboxylic acids is 1. The highest BCUT2D eigenvalue weighted by atomic mass is 16.5. The second-order valence-electron chi connectivity index (χ2n) is 5.26. The Balaban J connectivity index is 1.84. The Hall–Kier alpha value is -2.14. The number of ether oxygens (including phenoxy) is 1. The number of carbonyl (C=O) groups is 1. The Bertz CT molecular complexity index is 651. The number of anilines is 1. The minimum atomic E-state index is -0.0757. The Morgan fingerprint density at radius 2 is 2.19 bits per heavy atom. The van der Waals surface area contributed by atoms with Crippen LogP contribution in [-0.2, 0) is 4.74 Å². The fourth-order valence-electron chi connectivity index (χ4n) is 2.65. The Labute approximate surface area is 123 Å². The van der Waals surface area contributed by atoms with E-state index in [1.54, 1.807) is 6.20 Å². The van der Waals surface area contributed by atoms with Crippen molar-refractivity contribution in [1.82, 2.24) is 10.3 Å². The summed E-state index contributed by atoms with van der Waals surface area (Å²) >= 11 is 0. The second-order valence-corrected chi connectivity index (χ2v) is 5.26. The summed E-state index contributed by atoms with van der Waals surface area (Å²) in [7, 11) is 1.83. The van der Waals surface area contributed by atoms with Crippen molar-refractivity contribution in [2.24, 2.45) is 5.92 Å². The Kier molecular flexibility index (Phi) is 4.01. The van der Waals surface area contributed by atoms with Gasteiger partial charge in [-0.05, 0) is 11.8 Å². The van der Waals surface area contributed by atoms with E-state index in [1.807, 2.05) is 31.3 Å². The topological polar surface area (TPSA) is 63.2 Å². The van der Waals surface area contributed by atoms with E-state index in [9.17, 15) is 4.79 Å². The second kappa shape index (κ2) is 6.10. The van der Waals surface area contributed by atoms with Crippen LogP contribution in [0.25, 0.3) is 10.8 Å². The zero-order valence-corrected chi connectivity index (χ0v) is 12.1. The van der Waals surface area contributed by atoms with Gasteiger partial charge in [0.1, 0.15) is 5.82 Å². The van der Waals surface area contributed by atoms with E-state index in [0.717, 1.165) is 36.2 Å². The number of nitrogens with zero attached hydrogens (tertiary/aromatic N) is 1. The van der Waals surface area contributed by atoms with E-state index in [-0.39, 0.29) is 5.91 Å². The van der Waals surface area contributed by atoms with Gasteiger partial charge in [-0.15, -0.1) is 0 Å². The molecule has 2 aromatic rings. The summed E-state index contributed by atoms with van der Waals surface area (Å²) in [5.41, 5.74) is 0.614. The number of rotatable bonds is 4. The van der Waals surface area contributed by atoms with Gasteiger partial charge in [-0.25, -0.2) is 4.98 Å². The molecule has 2 N–H and O–H groups in total. The average Bonchev–Trinajstić information content (AvgIpc) is 3.05. The van der Waals surface area contributed by atoms with Gasteiger partial charge in [-0.2, -0.15) is 0 Å². The average molecular weight is 285 g/mol. The van der Waals surface area contributed by atoms with Crippen molar-refractivity contribution in [3.8, 4) is 0 Å². The highest BCUT2D eigenvalue weighted by molar-refractivity contribution is 6.09. The molecule has 1 unspecified atom stereocenters. The van der Waals surface area contributed by atoms with E-state index in [4.69, 9.17) is 4.74 Å². The molecule has 0 spiro atoms. The van der Waals surface area contributed by atoms with E-state index in [1.165, 1.54) is 0 Å². The molecular weight excluding hydrogens is 266 g/mol. The van der Waals surface area contributed by atoms with Crippen molar-refractivity contribution in [2.45, 2.75) is 6.42 Å². The summed E-state index contributed by atoms with van der Waals surface area (Å²) < 4.78 is 5.32. The van der Waals surface area contributed by atoms with Gasteiger partial charge in [0, 0.05) is 37.7 Å². The Morgan fingerprint density at radius 1 is 1.38 bits per heavy atom. The van der Waals surface area contributed by atoms with Crippen LogP contribution in [0.1, 0.15) is 16.8 Å². The van der Waals surface area contributed by atoms with Crippen molar-refractivity contribution in [1.29, 1.82) is 0 Å². The van der Waals surface area contributed by atoms with Crippen molar-refractivity contribution in [3.05, 3.63) is 36.0 Å². The number of benzene rings is 1. The van der Waals surface area contributed by atoms with Crippen LogP contribution in [-0.4, -0.2) is 37.7 Å². The fraction of sp³-hybridized carbons (Fsp3) is 0.375. The maximum atomic E-state index is 12.4. The standard InChI is InChI=1S/C16H19N3O2/c1-17-15-13-5-3-2-4-12(13)14(9-18-15)16(20)19-8-11-6-7-21-10-11/h2-5,9,11H,6-8,10H2,1H3,(H,17,18)(H,19,20). The van der Waals surface area contributed by atoms with Crippen LogP contribution in [0.5, 0.6) is 0 Å². The number of nitrogens with one attached hydrogen (secondary N) is 2. The van der Waals surface area contributed by atoms with Crippen LogP contribution in [0.3, 0.4) is 0 Å². The third-order valence-electron chi connectivity index (χ3n) is 3.85. The first-order chi connectivity index (χ1) is 10.3. The number of fused-ring (bicyclic) bond motifs is 1. The molecule has 110 valence electrons. The third kappa shape index (κ3) is 2.83. The van der Waals surface area contributed by atoms with Crippen molar-refractivity contribution in [2.75, 3.05) is 32.1 Å². The lowest BCUT2D eigenvalue weighted by Crippen LogP contribution is -2.29. The summed E-state index contributed by atoms with van der Waals surface area (Å²) in [5, 5.41) is 7.91. The number of hydrogen-bond acceptors (Lipinski definition) is 4. The van der Waals surface area contributed by atoms with Gasteiger partial charge in [0.2, 0.25) is 0 Å². The molecule has 1 atom stereocenters. The highest BCUT2D eigenvalue weighted by Gasteiger charge is 2.18. The monoisotopic (exact) mass is 285 g/mol. The normalized spacial score (nSPS) is 17.9. The van der Waals surface area contributed by atoms with Crippen molar-refractivity contribution in [3.63, 3.8) is 0 Å². The molecule has 0 radical (unpaired) electrons. The van der Waals surface area contributed by atoms with Crippen molar-refractivity contribution < 1.29 is 9.53 Å². The van der Waals surface area contributed by atoms with Crippen molar-refractivity contribution >= 4 is 22.5 Å². The number of aromatic nitrogens is 1. The van der Waals surface area contributed by atoms with E-state index in [2.05, 4.69) is 15.6 Å². The zero-order chi connectivity index (χ0) is 14.7. The van der Waals surface area contributed by atoms with Crippen LogP contribution in [0.4, 0.5) is 5.82 Å². The van der Waals surface area contributed by atoms with Gasteiger partial charge in [0.15, 0.2) is 0 Å². The minimum absolute atomic E-state index is 0.0757. The number of hydrogen-bond donors (Lipinski definition) is 2. The van der Waals surface area contributed by atoms with Gasteiger partial charge in [-0.1, -0.05) is 24.3 Å². The number of pyridine rings is 1. The first-order valence-electron chi connectivity index (χ1n) is 7.21. The molecule has 1 fully saturated rings. The van der Waals surface area contributed by atoms with Crippen LogP contribution in [0, 0.1) is 5.92 Å². The molecule has 5 heteroatoms.